The second kappa shape index (κ2) is 6.91. The van der Waals surface area contributed by atoms with Gasteiger partial charge in [-0.25, -0.2) is 4.79 Å². The first-order valence-corrected chi connectivity index (χ1v) is 8.81. The van der Waals surface area contributed by atoms with Gasteiger partial charge in [0, 0.05) is 0 Å². The molecule has 0 spiro atoms. The molecule has 0 unspecified atom stereocenters. The van der Waals surface area contributed by atoms with Gasteiger partial charge in [0.05, 0.1) is 12.8 Å². The molecule has 0 aliphatic carbocycles. The molecule has 4 rings (SSSR count). The summed E-state index contributed by atoms with van der Waals surface area (Å²) < 4.78 is 16.2. The minimum Gasteiger partial charge on any atom is -0.486 e. The molecule has 1 atom stereocenters. The first-order valence-electron chi connectivity index (χ1n) is 8.81. The summed E-state index contributed by atoms with van der Waals surface area (Å²) >= 11 is 0. The molecule has 1 saturated heterocycles. The lowest BCUT2D eigenvalue weighted by molar-refractivity contribution is -0.134. The standard InChI is InChI=1S/C19H19N3O6/c1-19(12-4-5-14-15(9-12)28-8-7-27-14)17(24)22(18(25)21-19)11-16(23)20-10-13-3-2-6-26-13/h2-6,9H,7-8,10-11H2,1H3,(H,20,23)(H,21,25)/t19-/m1/s1. The van der Waals surface area contributed by atoms with Crippen molar-refractivity contribution in [2.75, 3.05) is 19.8 Å². The molecule has 2 aliphatic rings. The Balaban J connectivity index is 1.47. The number of nitrogens with zero attached hydrogens (tertiary/aromatic N) is 1. The Hall–Kier alpha value is -3.49. The van der Waals surface area contributed by atoms with E-state index in [0.717, 1.165) is 4.90 Å². The van der Waals surface area contributed by atoms with E-state index in [-0.39, 0.29) is 13.1 Å². The molecule has 2 aliphatic heterocycles. The number of rotatable bonds is 5. The molecule has 3 heterocycles. The lowest BCUT2D eigenvalue weighted by atomic mass is 9.91. The van der Waals surface area contributed by atoms with Crippen molar-refractivity contribution in [1.29, 1.82) is 0 Å². The highest BCUT2D eigenvalue weighted by atomic mass is 16.6. The quantitative estimate of drug-likeness (QED) is 0.747. The van der Waals surface area contributed by atoms with Crippen LogP contribution in [0.5, 0.6) is 11.5 Å². The SMILES string of the molecule is C[C@]1(c2ccc3c(c2)OCCO3)NC(=O)N(CC(=O)NCc2ccco2)C1=O. The van der Waals surface area contributed by atoms with Crippen LogP contribution in [0.25, 0.3) is 0 Å². The predicted octanol–water partition coefficient (Wildman–Crippen LogP) is 1.13. The average molecular weight is 385 g/mol. The second-order valence-corrected chi connectivity index (χ2v) is 6.66. The van der Waals surface area contributed by atoms with Crippen molar-refractivity contribution in [3.63, 3.8) is 0 Å². The van der Waals surface area contributed by atoms with Gasteiger partial charge in [-0.15, -0.1) is 0 Å². The molecule has 9 nitrogen and oxygen atoms in total. The fourth-order valence-corrected chi connectivity index (χ4v) is 3.19. The van der Waals surface area contributed by atoms with Crippen LogP contribution < -0.4 is 20.1 Å². The number of benzene rings is 1. The molecule has 146 valence electrons. The average Bonchev–Trinajstić information content (AvgIpc) is 3.29. The summed E-state index contributed by atoms with van der Waals surface area (Å²) in [6, 6.07) is 7.87. The number of nitrogens with one attached hydrogen (secondary N) is 2. The Morgan fingerprint density at radius 2 is 2.00 bits per heavy atom. The van der Waals surface area contributed by atoms with Gasteiger partial charge < -0.3 is 24.5 Å². The third kappa shape index (κ3) is 3.15. The highest BCUT2D eigenvalue weighted by Crippen LogP contribution is 2.36. The van der Waals surface area contributed by atoms with E-state index in [9.17, 15) is 14.4 Å². The summed E-state index contributed by atoms with van der Waals surface area (Å²) in [4.78, 5) is 38.4. The van der Waals surface area contributed by atoms with Gasteiger partial charge in [0.1, 0.15) is 31.1 Å². The summed E-state index contributed by atoms with van der Waals surface area (Å²) in [5.74, 6) is 0.700. The van der Waals surface area contributed by atoms with Gasteiger partial charge in [0.25, 0.3) is 5.91 Å². The van der Waals surface area contributed by atoms with E-state index in [1.165, 1.54) is 6.26 Å². The Morgan fingerprint density at radius 1 is 1.21 bits per heavy atom. The Kier molecular flexibility index (Phi) is 4.42. The van der Waals surface area contributed by atoms with Gasteiger partial charge >= 0.3 is 6.03 Å². The van der Waals surface area contributed by atoms with Gasteiger partial charge in [-0.1, -0.05) is 6.07 Å². The fourth-order valence-electron chi connectivity index (χ4n) is 3.19. The zero-order valence-electron chi connectivity index (χ0n) is 15.2. The number of hydrogen-bond donors (Lipinski definition) is 2. The van der Waals surface area contributed by atoms with Crippen LogP contribution in [0.15, 0.2) is 41.0 Å². The number of carbonyl (C=O) groups is 3. The highest BCUT2D eigenvalue weighted by Gasteiger charge is 2.49. The summed E-state index contributed by atoms with van der Waals surface area (Å²) in [6.45, 7) is 2.26. The van der Waals surface area contributed by atoms with Crippen molar-refractivity contribution in [2.45, 2.75) is 19.0 Å². The molecule has 0 radical (unpaired) electrons. The lowest BCUT2D eigenvalue weighted by Crippen LogP contribution is -2.43. The maximum Gasteiger partial charge on any atom is 0.325 e. The zero-order valence-corrected chi connectivity index (χ0v) is 15.2. The Morgan fingerprint density at radius 3 is 2.75 bits per heavy atom. The summed E-state index contributed by atoms with van der Waals surface area (Å²) in [6.07, 6.45) is 1.50. The predicted molar refractivity (Wildman–Crippen MR) is 95.6 cm³/mol. The number of furan rings is 1. The molecular formula is C19H19N3O6. The number of urea groups is 1. The Bertz CT molecular complexity index is 926. The van der Waals surface area contributed by atoms with Crippen molar-refractivity contribution in [1.82, 2.24) is 15.5 Å². The van der Waals surface area contributed by atoms with Crippen LogP contribution in [0.4, 0.5) is 4.79 Å². The molecule has 1 fully saturated rings. The molecule has 1 aromatic carbocycles. The van der Waals surface area contributed by atoms with Crippen molar-refractivity contribution >= 4 is 17.8 Å². The van der Waals surface area contributed by atoms with E-state index < -0.39 is 23.4 Å². The maximum atomic E-state index is 12.9. The van der Waals surface area contributed by atoms with Gasteiger partial charge in [0.15, 0.2) is 11.5 Å². The van der Waals surface area contributed by atoms with Gasteiger partial charge in [0.2, 0.25) is 5.91 Å². The van der Waals surface area contributed by atoms with E-state index in [2.05, 4.69) is 10.6 Å². The van der Waals surface area contributed by atoms with E-state index in [0.29, 0.717) is 36.0 Å². The van der Waals surface area contributed by atoms with E-state index in [1.54, 1.807) is 37.3 Å². The highest BCUT2D eigenvalue weighted by molar-refractivity contribution is 6.09. The second-order valence-electron chi connectivity index (χ2n) is 6.66. The largest absolute Gasteiger partial charge is 0.486 e. The molecule has 9 heteroatoms. The molecular weight excluding hydrogens is 366 g/mol. The first-order chi connectivity index (χ1) is 13.5. The number of imide groups is 1. The molecule has 0 saturated carbocycles. The number of ether oxygens (including phenoxy) is 2. The molecule has 28 heavy (non-hydrogen) atoms. The summed E-state index contributed by atoms with van der Waals surface area (Å²) in [7, 11) is 0. The van der Waals surface area contributed by atoms with E-state index in [1.807, 2.05) is 0 Å². The minimum atomic E-state index is -1.30. The topological polar surface area (TPSA) is 110 Å². The van der Waals surface area contributed by atoms with Gasteiger partial charge in [-0.3, -0.25) is 14.5 Å². The van der Waals surface area contributed by atoms with E-state index in [4.69, 9.17) is 13.9 Å². The molecule has 2 N–H and O–H groups in total. The van der Waals surface area contributed by atoms with Crippen LogP contribution in [0.3, 0.4) is 0 Å². The van der Waals surface area contributed by atoms with Crippen molar-refractivity contribution < 1.29 is 28.3 Å². The molecule has 0 bridgehead atoms. The molecule has 1 aromatic heterocycles. The summed E-state index contributed by atoms with van der Waals surface area (Å²) in [5, 5.41) is 5.29. The number of carbonyl (C=O) groups excluding carboxylic acids is 3. The summed E-state index contributed by atoms with van der Waals surface area (Å²) in [5.41, 5.74) is -0.748. The molecule has 2 aromatic rings. The van der Waals surface area contributed by atoms with Crippen LogP contribution in [0.2, 0.25) is 0 Å². The third-order valence-electron chi connectivity index (χ3n) is 4.74. The lowest BCUT2D eigenvalue weighted by Gasteiger charge is -2.25. The van der Waals surface area contributed by atoms with Crippen molar-refractivity contribution in [3.05, 3.63) is 47.9 Å². The van der Waals surface area contributed by atoms with Crippen molar-refractivity contribution in [2.24, 2.45) is 0 Å². The fraction of sp³-hybridized carbons (Fsp3) is 0.316. The van der Waals surface area contributed by atoms with Crippen molar-refractivity contribution in [3.8, 4) is 11.5 Å². The minimum absolute atomic E-state index is 0.176. The smallest absolute Gasteiger partial charge is 0.325 e. The maximum absolute atomic E-state index is 12.9. The van der Waals surface area contributed by atoms with Gasteiger partial charge in [-0.05, 0) is 36.8 Å². The monoisotopic (exact) mass is 385 g/mol. The Labute approximate surface area is 160 Å². The van der Waals surface area contributed by atoms with Gasteiger partial charge in [-0.2, -0.15) is 0 Å². The van der Waals surface area contributed by atoms with Crippen LogP contribution in [0, 0.1) is 0 Å². The van der Waals surface area contributed by atoms with Crippen LogP contribution in [-0.2, 0) is 21.7 Å². The first kappa shape index (κ1) is 17.9. The number of fused-ring (bicyclic) bond motifs is 1. The van der Waals surface area contributed by atoms with E-state index >= 15 is 0 Å². The zero-order chi connectivity index (χ0) is 19.7. The number of amides is 4. The van der Waals surface area contributed by atoms with Crippen LogP contribution in [0.1, 0.15) is 18.2 Å². The number of hydrogen-bond acceptors (Lipinski definition) is 6. The third-order valence-corrected chi connectivity index (χ3v) is 4.74. The normalized spacial score (nSPS) is 20.8. The van der Waals surface area contributed by atoms with Crippen LogP contribution in [-0.4, -0.2) is 42.5 Å². The van der Waals surface area contributed by atoms with Crippen LogP contribution >= 0.6 is 0 Å². The molecule has 4 amide bonds.